The summed E-state index contributed by atoms with van der Waals surface area (Å²) >= 11 is 0. The number of likely N-dealkylation sites (N-methyl/N-ethyl adjacent to an activating group) is 1. The molecule has 17 heavy (non-hydrogen) atoms. The SMILES string of the molecule is CN(CC(=O)O)C(=N)N.O=C(O)/C=C/C(=O)O. The third-order valence-electron chi connectivity index (χ3n) is 1.15. The van der Waals surface area contributed by atoms with Crippen LogP contribution in [0.4, 0.5) is 0 Å². The van der Waals surface area contributed by atoms with Gasteiger partial charge in [-0.2, -0.15) is 0 Å². The molecule has 0 aliphatic rings. The van der Waals surface area contributed by atoms with E-state index in [-0.39, 0.29) is 12.5 Å². The largest absolute Gasteiger partial charge is 0.480 e. The Bertz CT molecular complexity index is 322. The quantitative estimate of drug-likeness (QED) is 0.230. The molecule has 0 aromatic rings. The van der Waals surface area contributed by atoms with Gasteiger partial charge in [-0.1, -0.05) is 0 Å². The molecule has 0 amide bonds. The Hall–Kier alpha value is -2.58. The normalized spacial score (nSPS) is 9.00. The zero-order valence-corrected chi connectivity index (χ0v) is 8.95. The summed E-state index contributed by atoms with van der Waals surface area (Å²) in [6, 6.07) is 0. The van der Waals surface area contributed by atoms with Gasteiger partial charge < -0.3 is 26.0 Å². The average Bonchev–Trinajstić information content (AvgIpc) is 2.14. The zero-order valence-electron chi connectivity index (χ0n) is 8.95. The molecule has 0 aliphatic carbocycles. The maximum Gasteiger partial charge on any atom is 0.328 e. The minimum Gasteiger partial charge on any atom is -0.480 e. The van der Waals surface area contributed by atoms with Crippen LogP contribution < -0.4 is 5.73 Å². The minimum atomic E-state index is -1.26. The van der Waals surface area contributed by atoms with Crippen LogP contribution in [0.3, 0.4) is 0 Å². The van der Waals surface area contributed by atoms with Crippen molar-refractivity contribution in [3.05, 3.63) is 12.2 Å². The smallest absolute Gasteiger partial charge is 0.328 e. The molecule has 0 spiro atoms. The van der Waals surface area contributed by atoms with Crippen molar-refractivity contribution in [2.24, 2.45) is 5.73 Å². The second kappa shape index (κ2) is 8.71. The van der Waals surface area contributed by atoms with Gasteiger partial charge in [-0.15, -0.1) is 0 Å². The van der Waals surface area contributed by atoms with Crippen LogP contribution >= 0.6 is 0 Å². The first kappa shape index (κ1) is 16.8. The molecule has 0 atom stereocenters. The van der Waals surface area contributed by atoms with Crippen LogP contribution in [0, 0.1) is 5.41 Å². The van der Waals surface area contributed by atoms with Crippen LogP contribution in [0.25, 0.3) is 0 Å². The van der Waals surface area contributed by atoms with Crippen molar-refractivity contribution in [3.63, 3.8) is 0 Å². The summed E-state index contributed by atoms with van der Waals surface area (Å²) in [5, 5.41) is 30.5. The molecule has 9 nitrogen and oxygen atoms in total. The number of carboxylic acids is 3. The lowest BCUT2D eigenvalue weighted by atomic mass is 10.5. The van der Waals surface area contributed by atoms with Crippen molar-refractivity contribution in [2.75, 3.05) is 13.6 Å². The first-order valence-electron chi connectivity index (χ1n) is 4.07. The molecule has 0 radical (unpaired) electrons. The Morgan fingerprint density at radius 2 is 1.53 bits per heavy atom. The van der Waals surface area contributed by atoms with Crippen molar-refractivity contribution in [2.45, 2.75) is 0 Å². The highest BCUT2D eigenvalue weighted by atomic mass is 16.4. The van der Waals surface area contributed by atoms with Gasteiger partial charge >= 0.3 is 17.9 Å². The predicted octanol–water partition coefficient (Wildman–Crippen LogP) is -1.39. The molecular weight excluding hydrogens is 234 g/mol. The first-order chi connectivity index (χ1) is 7.66. The molecule has 0 heterocycles. The van der Waals surface area contributed by atoms with E-state index in [0.717, 1.165) is 4.90 Å². The number of nitrogens with zero attached hydrogens (tertiary/aromatic N) is 1. The third-order valence-corrected chi connectivity index (χ3v) is 1.15. The molecule has 0 aromatic carbocycles. The molecule has 0 bridgehead atoms. The fourth-order valence-electron chi connectivity index (χ4n) is 0.431. The molecule has 0 saturated heterocycles. The minimum absolute atomic E-state index is 0.227. The van der Waals surface area contributed by atoms with Crippen molar-refractivity contribution in [1.82, 2.24) is 4.90 Å². The van der Waals surface area contributed by atoms with Gasteiger partial charge in [0.05, 0.1) is 0 Å². The number of hydrogen-bond acceptors (Lipinski definition) is 4. The predicted molar refractivity (Wildman–Crippen MR) is 56.6 cm³/mol. The van der Waals surface area contributed by atoms with E-state index in [1.807, 2.05) is 0 Å². The standard InChI is InChI=1S/C4H9N3O2.C4H4O4/c1-7(4(5)6)2-3(8)9;5-3(6)1-2-4(7)8/h2H2,1H3,(H3,5,6)(H,8,9);1-2H,(H,5,6)(H,7,8)/b;2-1+. The van der Waals surface area contributed by atoms with Crippen molar-refractivity contribution < 1.29 is 29.7 Å². The topological polar surface area (TPSA) is 165 Å². The first-order valence-corrected chi connectivity index (χ1v) is 4.07. The summed E-state index contributed by atoms with van der Waals surface area (Å²) in [5.74, 6) is -3.75. The Balaban J connectivity index is 0. The maximum atomic E-state index is 9.92. The van der Waals surface area contributed by atoms with Crippen molar-refractivity contribution in [1.29, 1.82) is 5.41 Å². The van der Waals surface area contributed by atoms with Crippen LogP contribution in [-0.4, -0.2) is 57.7 Å². The Kier molecular flexibility index (Phi) is 8.62. The van der Waals surface area contributed by atoms with E-state index in [9.17, 15) is 14.4 Å². The van der Waals surface area contributed by atoms with Gasteiger partial charge in [0.25, 0.3) is 0 Å². The highest BCUT2D eigenvalue weighted by molar-refractivity contribution is 5.89. The summed E-state index contributed by atoms with van der Waals surface area (Å²) in [6.07, 6.45) is 1.12. The zero-order chi connectivity index (χ0) is 14.0. The average molecular weight is 247 g/mol. The lowest BCUT2D eigenvalue weighted by molar-refractivity contribution is -0.137. The van der Waals surface area contributed by atoms with Crippen LogP contribution in [0.2, 0.25) is 0 Å². The van der Waals surface area contributed by atoms with Gasteiger partial charge in [-0.05, 0) is 0 Å². The molecule has 0 unspecified atom stereocenters. The number of nitrogens with one attached hydrogen (secondary N) is 1. The molecule has 0 aliphatic heterocycles. The number of rotatable bonds is 4. The molecule has 96 valence electrons. The van der Waals surface area contributed by atoms with Crippen LogP contribution in [0.5, 0.6) is 0 Å². The van der Waals surface area contributed by atoms with E-state index in [4.69, 9.17) is 26.5 Å². The molecule has 6 N–H and O–H groups in total. The molecule has 0 fully saturated rings. The van der Waals surface area contributed by atoms with Gasteiger partial charge in [-0.3, -0.25) is 10.2 Å². The van der Waals surface area contributed by atoms with Gasteiger partial charge in [0, 0.05) is 19.2 Å². The van der Waals surface area contributed by atoms with E-state index in [0.29, 0.717) is 12.2 Å². The number of carbonyl (C=O) groups is 3. The number of hydrogen-bond donors (Lipinski definition) is 5. The number of guanidine groups is 1. The van der Waals surface area contributed by atoms with Gasteiger partial charge in [0.2, 0.25) is 0 Å². The van der Waals surface area contributed by atoms with Gasteiger partial charge in [-0.25, -0.2) is 9.59 Å². The number of nitrogens with two attached hydrogens (primary N) is 1. The second-order valence-corrected chi connectivity index (χ2v) is 2.64. The number of carboxylic acid groups (broad SMARTS) is 3. The number of aliphatic carboxylic acids is 3. The maximum absolute atomic E-state index is 9.92. The highest BCUT2D eigenvalue weighted by Gasteiger charge is 2.03. The summed E-state index contributed by atoms with van der Waals surface area (Å²) in [5.41, 5.74) is 4.93. The Morgan fingerprint density at radius 1 is 1.18 bits per heavy atom. The van der Waals surface area contributed by atoms with E-state index in [1.165, 1.54) is 7.05 Å². The molecule has 0 saturated carbocycles. The fourth-order valence-corrected chi connectivity index (χ4v) is 0.431. The van der Waals surface area contributed by atoms with E-state index in [2.05, 4.69) is 0 Å². The Morgan fingerprint density at radius 3 is 1.65 bits per heavy atom. The van der Waals surface area contributed by atoms with Crippen LogP contribution in [-0.2, 0) is 14.4 Å². The summed E-state index contributed by atoms with van der Waals surface area (Å²) in [6.45, 7) is -0.227. The summed E-state index contributed by atoms with van der Waals surface area (Å²) < 4.78 is 0. The molecule has 0 rings (SSSR count). The third kappa shape index (κ3) is 16.1. The summed E-state index contributed by atoms with van der Waals surface area (Å²) in [7, 11) is 1.44. The van der Waals surface area contributed by atoms with E-state index >= 15 is 0 Å². The van der Waals surface area contributed by atoms with Crippen molar-refractivity contribution >= 4 is 23.9 Å². The van der Waals surface area contributed by atoms with Crippen LogP contribution in [0.15, 0.2) is 12.2 Å². The van der Waals surface area contributed by atoms with Gasteiger partial charge in [0.15, 0.2) is 5.96 Å². The Labute approximate surface area is 96.3 Å². The lowest BCUT2D eigenvalue weighted by Crippen LogP contribution is -2.36. The molecular formula is C8H13N3O6. The van der Waals surface area contributed by atoms with Gasteiger partial charge in [0.1, 0.15) is 6.54 Å². The second-order valence-electron chi connectivity index (χ2n) is 2.64. The molecule has 0 aromatic heterocycles. The highest BCUT2D eigenvalue weighted by Crippen LogP contribution is 1.76. The lowest BCUT2D eigenvalue weighted by Gasteiger charge is -2.12. The fraction of sp³-hybridized carbons (Fsp3) is 0.250. The van der Waals surface area contributed by atoms with Crippen LogP contribution in [0.1, 0.15) is 0 Å². The van der Waals surface area contributed by atoms with Crippen molar-refractivity contribution in [3.8, 4) is 0 Å². The summed E-state index contributed by atoms with van der Waals surface area (Å²) in [4.78, 5) is 30.2. The van der Waals surface area contributed by atoms with E-state index < -0.39 is 17.9 Å². The molecule has 9 heteroatoms. The monoisotopic (exact) mass is 247 g/mol. The van der Waals surface area contributed by atoms with E-state index in [1.54, 1.807) is 0 Å².